The van der Waals surface area contributed by atoms with Gasteiger partial charge in [0.15, 0.2) is 0 Å². The molecule has 2 N–H and O–H groups in total. The first-order valence-electron chi connectivity index (χ1n) is 9.63. The van der Waals surface area contributed by atoms with Crippen molar-refractivity contribution in [2.45, 2.75) is 26.4 Å². The highest BCUT2D eigenvalue weighted by molar-refractivity contribution is 6.09. The monoisotopic (exact) mass is 381 g/mol. The van der Waals surface area contributed by atoms with Crippen LogP contribution < -0.4 is 10.6 Å². The number of hydrogen-bond donors (Lipinski definition) is 2. The summed E-state index contributed by atoms with van der Waals surface area (Å²) in [4.78, 5) is 27.5. The fraction of sp³-hybridized carbons (Fsp3) is 0.364. The summed E-state index contributed by atoms with van der Waals surface area (Å²) < 4.78 is 5.38. The van der Waals surface area contributed by atoms with E-state index in [2.05, 4.69) is 15.5 Å². The third kappa shape index (κ3) is 5.41. The average molecular weight is 381 g/mol. The Bertz CT molecular complexity index is 829. The molecule has 0 radical (unpaired) electrons. The molecule has 1 fully saturated rings. The van der Waals surface area contributed by atoms with E-state index in [1.54, 1.807) is 30.3 Å². The van der Waals surface area contributed by atoms with Crippen LogP contribution in [0.4, 0.5) is 5.69 Å². The predicted octanol–water partition coefficient (Wildman–Crippen LogP) is 2.91. The molecule has 148 valence electrons. The summed E-state index contributed by atoms with van der Waals surface area (Å²) in [5, 5.41) is 5.74. The number of para-hydroxylation sites is 1. The van der Waals surface area contributed by atoms with Gasteiger partial charge in [0.2, 0.25) is 0 Å². The van der Waals surface area contributed by atoms with Gasteiger partial charge in [0.25, 0.3) is 11.8 Å². The number of carbonyl (C=O) groups excluding carboxylic acids is 2. The highest BCUT2D eigenvalue weighted by Gasteiger charge is 2.16. The molecule has 6 heteroatoms. The molecule has 0 aliphatic carbocycles. The van der Waals surface area contributed by atoms with E-state index < -0.39 is 0 Å². The molecule has 2 amide bonds. The molecule has 0 atom stereocenters. The number of rotatable bonds is 6. The Kier molecular flexibility index (Phi) is 6.79. The van der Waals surface area contributed by atoms with Gasteiger partial charge in [0.1, 0.15) is 0 Å². The van der Waals surface area contributed by atoms with Crippen LogP contribution in [0.3, 0.4) is 0 Å². The summed E-state index contributed by atoms with van der Waals surface area (Å²) >= 11 is 0. The van der Waals surface area contributed by atoms with Gasteiger partial charge >= 0.3 is 0 Å². The third-order valence-corrected chi connectivity index (χ3v) is 4.54. The standard InChI is InChI=1S/C22H27N3O3/c1-16(2)23-22(27)19-8-3-4-9-20(19)24-21(26)18-7-5-6-17(14-18)15-25-10-12-28-13-11-25/h3-9,14,16H,10-13,15H2,1-2H3,(H,23,27)(H,24,26). The van der Waals surface area contributed by atoms with E-state index in [0.29, 0.717) is 16.8 Å². The van der Waals surface area contributed by atoms with Gasteiger partial charge in [-0.3, -0.25) is 14.5 Å². The molecule has 1 saturated heterocycles. The Morgan fingerprint density at radius 2 is 1.79 bits per heavy atom. The molecule has 0 spiro atoms. The van der Waals surface area contributed by atoms with Crippen molar-refractivity contribution in [1.29, 1.82) is 0 Å². The van der Waals surface area contributed by atoms with E-state index in [0.717, 1.165) is 38.4 Å². The van der Waals surface area contributed by atoms with Gasteiger partial charge in [-0.1, -0.05) is 24.3 Å². The minimum Gasteiger partial charge on any atom is -0.379 e. The van der Waals surface area contributed by atoms with Crippen LogP contribution in [0.15, 0.2) is 48.5 Å². The Hall–Kier alpha value is -2.70. The molecule has 6 nitrogen and oxygen atoms in total. The molecule has 1 aliphatic rings. The SMILES string of the molecule is CC(C)NC(=O)c1ccccc1NC(=O)c1cccc(CN2CCOCC2)c1. The number of amides is 2. The fourth-order valence-electron chi connectivity index (χ4n) is 3.15. The van der Waals surface area contributed by atoms with E-state index >= 15 is 0 Å². The first-order chi connectivity index (χ1) is 13.5. The summed E-state index contributed by atoms with van der Waals surface area (Å²) in [7, 11) is 0. The molecule has 28 heavy (non-hydrogen) atoms. The number of carbonyl (C=O) groups is 2. The third-order valence-electron chi connectivity index (χ3n) is 4.54. The number of morpholine rings is 1. The lowest BCUT2D eigenvalue weighted by atomic mass is 10.1. The van der Waals surface area contributed by atoms with Crippen molar-refractivity contribution in [3.05, 3.63) is 65.2 Å². The summed E-state index contributed by atoms with van der Waals surface area (Å²) in [6.07, 6.45) is 0. The van der Waals surface area contributed by atoms with Crippen molar-refractivity contribution >= 4 is 17.5 Å². The lowest BCUT2D eigenvalue weighted by Gasteiger charge is -2.26. The smallest absolute Gasteiger partial charge is 0.255 e. The van der Waals surface area contributed by atoms with Crippen LogP contribution in [0.25, 0.3) is 0 Å². The first kappa shape index (κ1) is 20.0. The highest BCUT2D eigenvalue weighted by Crippen LogP contribution is 2.17. The molecule has 0 bridgehead atoms. The molecule has 1 aliphatic heterocycles. The fourth-order valence-corrected chi connectivity index (χ4v) is 3.15. The van der Waals surface area contributed by atoms with Crippen LogP contribution in [0, 0.1) is 0 Å². The molecule has 0 saturated carbocycles. The van der Waals surface area contributed by atoms with Crippen molar-refractivity contribution in [1.82, 2.24) is 10.2 Å². The topological polar surface area (TPSA) is 70.7 Å². The lowest BCUT2D eigenvalue weighted by Crippen LogP contribution is -2.35. The second kappa shape index (κ2) is 9.48. The molecule has 1 heterocycles. The maximum atomic E-state index is 12.8. The number of nitrogens with zero attached hydrogens (tertiary/aromatic N) is 1. The quantitative estimate of drug-likeness (QED) is 0.807. The molecule has 2 aromatic rings. The number of hydrogen-bond acceptors (Lipinski definition) is 4. The molecular weight excluding hydrogens is 354 g/mol. The van der Waals surface area contributed by atoms with Crippen molar-refractivity contribution in [2.75, 3.05) is 31.6 Å². The number of anilines is 1. The van der Waals surface area contributed by atoms with Gasteiger partial charge in [-0.2, -0.15) is 0 Å². The Morgan fingerprint density at radius 3 is 2.54 bits per heavy atom. The zero-order valence-electron chi connectivity index (χ0n) is 16.4. The summed E-state index contributed by atoms with van der Waals surface area (Å²) in [5.41, 5.74) is 2.61. The van der Waals surface area contributed by atoms with Crippen LogP contribution in [0.2, 0.25) is 0 Å². The maximum absolute atomic E-state index is 12.8. The van der Waals surface area contributed by atoms with Crippen LogP contribution in [-0.2, 0) is 11.3 Å². The van der Waals surface area contributed by atoms with Gasteiger partial charge in [-0.15, -0.1) is 0 Å². The largest absolute Gasteiger partial charge is 0.379 e. The minimum atomic E-state index is -0.228. The normalized spacial score (nSPS) is 14.7. The number of nitrogens with one attached hydrogen (secondary N) is 2. The van der Waals surface area contributed by atoms with Gasteiger partial charge in [0, 0.05) is 31.2 Å². The van der Waals surface area contributed by atoms with E-state index in [1.807, 2.05) is 32.0 Å². The maximum Gasteiger partial charge on any atom is 0.255 e. The summed E-state index contributed by atoms with van der Waals surface area (Å²) in [6.45, 7) is 7.88. The Balaban J connectivity index is 1.71. The van der Waals surface area contributed by atoms with Gasteiger partial charge < -0.3 is 15.4 Å². The molecule has 0 aromatic heterocycles. The van der Waals surface area contributed by atoms with Crippen molar-refractivity contribution in [2.24, 2.45) is 0 Å². The second-order valence-electron chi connectivity index (χ2n) is 7.22. The Labute approximate surface area is 165 Å². The zero-order chi connectivity index (χ0) is 19.9. The summed E-state index contributed by atoms with van der Waals surface area (Å²) in [5.74, 6) is -0.430. The van der Waals surface area contributed by atoms with Gasteiger partial charge in [-0.05, 0) is 43.7 Å². The first-order valence-corrected chi connectivity index (χ1v) is 9.63. The van der Waals surface area contributed by atoms with E-state index in [9.17, 15) is 9.59 Å². The van der Waals surface area contributed by atoms with E-state index in [-0.39, 0.29) is 17.9 Å². The van der Waals surface area contributed by atoms with Gasteiger partial charge in [-0.25, -0.2) is 0 Å². The summed E-state index contributed by atoms with van der Waals surface area (Å²) in [6, 6.07) is 14.7. The van der Waals surface area contributed by atoms with E-state index in [1.165, 1.54) is 0 Å². The number of ether oxygens (including phenoxy) is 1. The zero-order valence-corrected chi connectivity index (χ0v) is 16.4. The highest BCUT2D eigenvalue weighted by atomic mass is 16.5. The second-order valence-corrected chi connectivity index (χ2v) is 7.22. The van der Waals surface area contributed by atoms with Gasteiger partial charge in [0.05, 0.1) is 24.5 Å². The predicted molar refractivity (Wildman–Crippen MR) is 110 cm³/mol. The van der Waals surface area contributed by atoms with Crippen molar-refractivity contribution in [3.8, 4) is 0 Å². The Morgan fingerprint density at radius 1 is 1.04 bits per heavy atom. The van der Waals surface area contributed by atoms with Crippen LogP contribution >= 0.6 is 0 Å². The minimum absolute atomic E-state index is 0.0214. The number of benzene rings is 2. The van der Waals surface area contributed by atoms with E-state index in [4.69, 9.17) is 4.74 Å². The van der Waals surface area contributed by atoms with Crippen LogP contribution in [0.1, 0.15) is 40.1 Å². The average Bonchev–Trinajstić information content (AvgIpc) is 2.69. The van der Waals surface area contributed by atoms with Crippen LogP contribution in [0.5, 0.6) is 0 Å². The van der Waals surface area contributed by atoms with Crippen molar-refractivity contribution in [3.63, 3.8) is 0 Å². The van der Waals surface area contributed by atoms with Crippen LogP contribution in [-0.4, -0.2) is 49.1 Å². The lowest BCUT2D eigenvalue weighted by molar-refractivity contribution is 0.0342. The molecule has 3 rings (SSSR count). The molecular formula is C22H27N3O3. The molecule has 0 unspecified atom stereocenters. The van der Waals surface area contributed by atoms with Crippen molar-refractivity contribution < 1.29 is 14.3 Å². The molecule has 2 aromatic carbocycles.